The normalized spacial score (nSPS) is 18.3. The summed E-state index contributed by atoms with van der Waals surface area (Å²) in [6, 6.07) is 10.5. The third-order valence-corrected chi connectivity index (χ3v) is 3.70. The topological polar surface area (TPSA) is 38.3 Å². The highest BCUT2D eigenvalue weighted by Gasteiger charge is 2.15. The Kier molecular flexibility index (Phi) is 7.47. The van der Waals surface area contributed by atoms with Gasteiger partial charge in [0.25, 0.3) is 0 Å². The molecule has 2 rings (SSSR count). The van der Waals surface area contributed by atoms with Crippen molar-refractivity contribution in [2.45, 2.75) is 38.2 Å². The minimum atomic E-state index is -0.0514. The van der Waals surface area contributed by atoms with E-state index in [2.05, 4.69) is 35.7 Å². The van der Waals surface area contributed by atoms with Gasteiger partial charge in [-0.3, -0.25) is 4.79 Å². The van der Waals surface area contributed by atoms with Crippen LogP contribution in [0.15, 0.2) is 54.6 Å². The monoisotopic (exact) mass is 299 g/mol. The Morgan fingerprint density at radius 3 is 2.91 bits per heavy atom. The van der Waals surface area contributed by atoms with Gasteiger partial charge in [0.15, 0.2) is 0 Å². The molecular formula is C19H25NO2. The van der Waals surface area contributed by atoms with Gasteiger partial charge in [-0.1, -0.05) is 48.6 Å². The van der Waals surface area contributed by atoms with Crippen LogP contribution in [0.4, 0.5) is 0 Å². The standard InChI is InChI=1S/C19H25NO2/c21-19(20-16-18-13-9-15-22-18)14-8-3-1-2-5-10-17-11-6-4-7-12-17/h1,3-4,6-8,11-12,14,18H,2,5,9-10,13,15-16H2,(H,20,21)/b3-1+,14-8+. The molecule has 0 spiro atoms. The van der Waals surface area contributed by atoms with Gasteiger partial charge in [0.05, 0.1) is 6.10 Å². The molecule has 0 bridgehead atoms. The lowest BCUT2D eigenvalue weighted by Crippen LogP contribution is -2.30. The Labute approximate surface area is 133 Å². The SMILES string of the molecule is O=C(/C=C/C=C/CCCc1ccccc1)NCC1CCCO1. The van der Waals surface area contributed by atoms with Gasteiger partial charge in [-0.15, -0.1) is 0 Å². The van der Waals surface area contributed by atoms with Gasteiger partial charge in [-0.2, -0.15) is 0 Å². The van der Waals surface area contributed by atoms with Crippen molar-refractivity contribution >= 4 is 5.91 Å². The van der Waals surface area contributed by atoms with Crippen molar-refractivity contribution in [3.63, 3.8) is 0 Å². The van der Waals surface area contributed by atoms with Gasteiger partial charge in [0, 0.05) is 19.2 Å². The molecule has 1 fully saturated rings. The van der Waals surface area contributed by atoms with Crippen molar-refractivity contribution in [1.82, 2.24) is 5.32 Å². The van der Waals surface area contributed by atoms with E-state index >= 15 is 0 Å². The summed E-state index contributed by atoms with van der Waals surface area (Å²) >= 11 is 0. The number of benzene rings is 1. The van der Waals surface area contributed by atoms with Gasteiger partial charge in [0.1, 0.15) is 0 Å². The fourth-order valence-electron chi connectivity index (χ4n) is 2.47. The number of allylic oxidation sites excluding steroid dienone is 3. The lowest BCUT2D eigenvalue weighted by Gasteiger charge is -2.08. The average molecular weight is 299 g/mol. The minimum Gasteiger partial charge on any atom is -0.376 e. The van der Waals surface area contributed by atoms with Crippen molar-refractivity contribution in [3.05, 3.63) is 60.2 Å². The molecule has 3 nitrogen and oxygen atoms in total. The number of ether oxygens (including phenoxy) is 1. The molecule has 1 unspecified atom stereocenters. The Morgan fingerprint density at radius 2 is 2.14 bits per heavy atom. The van der Waals surface area contributed by atoms with E-state index < -0.39 is 0 Å². The summed E-state index contributed by atoms with van der Waals surface area (Å²) in [5.41, 5.74) is 1.37. The Balaban J connectivity index is 1.53. The summed E-state index contributed by atoms with van der Waals surface area (Å²) in [4.78, 5) is 11.6. The predicted molar refractivity (Wildman–Crippen MR) is 89.6 cm³/mol. The van der Waals surface area contributed by atoms with Crippen molar-refractivity contribution in [1.29, 1.82) is 0 Å². The maximum absolute atomic E-state index is 11.6. The zero-order valence-electron chi connectivity index (χ0n) is 13.0. The van der Waals surface area contributed by atoms with Crippen LogP contribution < -0.4 is 5.32 Å². The van der Waals surface area contributed by atoms with Gasteiger partial charge < -0.3 is 10.1 Å². The van der Waals surface area contributed by atoms with E-state index in [1.807, 2.05) is 12.1 Å². The van der Waals surface area contributed by atoms with Crippen molar-refractivity contribution < 1.29 is 9.53 Å². The Hall–Kier alpha value is -1.87. The number of amides is 1. The molecule has 0 aromatic heterocycles. The van der Waals surface area contributed by atoms with E-state index in [4.69, 9.17) is 4.74 Å². The molecule has 1 saturated heterocycles. The molecule has 0 aliphatic carbocycles. The van der Waals surface area contributed by atoms with Gasteiger partial charge >= 0.3 is 0 Å². The summed E-state index contributed by atoms with van der Waals surface area (Å²) in [5, 5.41) is 2.86. The number of hydrogen-bond donors (Lipinski definition) is 1. The van der Waals surface area contributed by atoms with Crippen LogP contribution in [-0.4, -0.2) is 25.2 Å². The summed E-state index contributed by atoms with van der Waals surface area (Å²) < 4.78 is 5.46. The maximum atomic E-state index is 11.6. The highest BCUT2D eigenvalue weighted by molar-refractivity contribution is 5.87. The fourth-order valence-corrected chi connectivity index (χ4v) is 2.47. The summed E-state index contributed by atoms with van der Waals surface area (Å²) in [7, 11) is 0. The van der Waals surface area contributed by atoms with Crippen molar-refractivity contribution in [2.75, 3.05) is 13.2 Å². The first kappa shape index (κ1) is 16.5. The average Bonchev–Trinajstić information content (AvgIpc) is 3.06. The van der Waals surface area contributed by atoms with E-state index in [0.717, 1.165) is 38.7 Å². The molecule has 1 aromatic rings. The van der Waals surface area contributed by atoms with E-state index in [1.54, 1.807) is 12.2 Å². The second kappa shape index (κ2) is 9.96. The van der Waals surface area contributed by atoms with Crippen molar-refractivity contribution in [2.24, 2.45) is 0 Å². The molecule has 22 heavy (non-hydrogen) atoms. The zero-order chi connectivity index (χ0) is 15.5. The second-order valence-corrected chi connectivity index (χ2v) is 5.55. The van der Waals surface area contributed by atoms with Crippen LogP contribution in [0.3, 0.4) is 0 Å². The van der Waals surface area contributed by atoms with Gasteiger partial charge in [0.2, 0.25) is 5.91 Å². The molecular weight excluding hydrogens is 274 g/mol. The first-order valence-corrected chi connectivity index (χ1v) is 8.11. The van der Waals surface area contributed by atoms with Crippen LogP contribution >= 0.6 is 0 Å². The summed E-state index contributed by atoms with van der Waals surface area (Å²) in [6.45, 7) is 1.44. The van der Waals surface area contributed by atoms with Crippen LogP contribution in [0, 0.1) is 0 Å². The lowest BCUT2D eigenvalue weighted by molar-refractivity contribution is -0.117. The highest BCUT2D eigenvalue weighted by Crippen LogP contribution is 2.10. The van der Waals surface area contributed by atoms with E-state index in [-0.39, 0.29) is 12.0 Å². The van der Waals surface area contributed by atoms with Crippen LogP contribution in [0.25, 0.3) is 0 Å². The third kappa shape index (κ3) is 6.72. The second-order valence-electron chi connectivity index (χ2n) is 5.55. The molecule has 3 heteroatoms. The zero-order valence-corrected chi connectivity index (χ0v) is 13.0. The number of rotatable bonds is 8. The molecule has 1 atom stereocenters. The molecule has 1 amide bonds. The molecule has 0 radical (unpaired) electrons. The lowest BCUT2D eigenvalue weighted by atomic mass is 10.1. The van der Waals surface area contributed by atoms with Crippen LogP contribution in [-0.2, 0) is 16.0 Å². The molecule has 1 heterocycles. The first-order valence-electron chi connectivity index (χ1n) is 8.11. The number of carbonyl (C=O) groups is 1. The van der Waals surface area contributed by atoms with Gasteiger partial charge in [-0.25, -0.2) is 0 Å². The molecule has 1 aliphatic heterocycles. The van der Waals surface area contributed by atoms with Gasteiger partial charge in [-0.05, 0) is 37.7 Å². The summed E-state index contributed by atoms with van der Waals surface area (Å²) in [6.07, 6.45) is 13.0. The highest BCUT2D eigenvalue weighted by atomic mass is 16.5. The number of hydrogen-bond acceptors (Lipinski definition) is 2. The predicted octanol–water partition coefficient (Wildman–Crippen LogP) is 3.42. The van der Waals surface area contributed by atoms with E-state index in [9.17, 15) is 4.79 Å². The molecule has 0 saturated carbocycles. The van der Waals surface area contributed by atoms with Crippen LogP contribution in [0.1, 0.15) is 31.2 Å². The molecule has 1 aromatic carbocycles. The third-order valence-electron chi connectivity index (χ3n) is 3.70. The van der Waals surface area contributed by atoms with E-state index in [1.165, 1.54) is 5.56 Å². The van der Waals surface area contributed by atoms with Crippen molar-refractivity contribution in [3.8, 4) is 0 Å². The fraction of sp³-hybridized carbons (Fsp3) is 0.421. The number of aryl methyl sites for hydroxylation is 1. The largest absolute Gasteiger partial charge is 0.376 e. The molecule has 1 N–H and O–H groups in total. The number of unbranched alkanes of at least 4 members (excludes halogenated alkanes) is 1. The first-order chi connectivity index (χ1) is 10.8. The van der Waals surface area contributed by atoms with Crippen LogP contribution in [0.2, 0.25) is 0 Å². The number of nitrogens with one attached hydrogen (secondary N) is 1. The molecule has 1 aliphatic rings. The van der Waals surface area contributed by atoms with E-state index in [0.29, 0.717) is 6.54 Å². The Morgan fingerprint density at radius 1 is 1.27 bits per heavy atom. The summed E-state index contributed by atoms with van der Waals surface area (Å²) in [5.74, 6) is -0.0514. The quantitative estimate of drug-likeness (QED) is 0.454. The minimum absolute atomic E-state index is 0.0514. The van der Waals surface area contributed by atoms with Crippen LogP contribution in [0.5, 0.6) is 0 Å². The smallest absolute Gasteiger partial charge is 0.244 e. The molecule has 118 valence electrons. The number of carbonyl (C=O) groups excluding carboxylic acids is 1. The Bertz CT molecular complexity index is 487. The maximum Gasteiger partial charge on any atom is 0.244 e.